The predicted octanol–water partition coefficient (Wildman–Crippen LogP) is 7.51. The zero-order valence-corrected chi connectivity index (χ0v) is 22.0. The number of nitrogens with one attached hydrogen (secondary N) is 2. The molecule has 1 aliphatic rings. The monoisotopic (exact) mass is 516 g/mol. The van der Waals surface area contributed by atoms with Crippen LogP contribution in [0.25, 0.3) is 64.5 Å². The van der Waals surface area contributed by atoms with Crippen molar-refractivity contribution < 1.29 is 4.74 Å². The van der Waals surface area contributed by atoms with E-state index >= 15 is 0 Å². The van der Waals surface area contributed by atoms with Crippen molar-refractivity contribution >= 4 is 54.1 Å². The van der Waals surface area contributed by atoms with Crippen LogP contribution in [0.4, 0.5) is 0 Å². The van der Waals surface area contributed by atoms with Crippen LogP contribution in [0.3, 0.4) is 0 Å². The molecule has 0 atom stereocenters. The lowest BCUT2D eigenvalue weighted by atomic mass is 10.0. The molecule has 0 fully saturated rings. The molecule has 0 radical (unpaired) electrons. The summed E-state index contributed by atoms with van der Waals surface area (Å²) in [6.45, 7) is 6.92. The van der Waals surface area contributed by atoms with Gasteiger partial charge in [0, 0.05) is 39.7 Å². The molecule has 0 spiro atoms. The Morgan fingerprint density at radius 1 is 1.00 bits per heavy atom. The SMILES string of the molecule is CCc1nc2c([nH]1)COc1c-2ccc2cc(-c3ccc4c(c3)c3cncnc3c3[nH]c(C(C)C)nc43)sc12. The summed E-state index contributed by atoms with van der Waals surface area (Å²) in [5.41, 5.74) is 7.12. The summed E-state index contributed by atoms with van der Waals surface area (Å²) < 4.78 is 7.43. The van der Waals surface area contributed by atoms with Crippen molar-refractivity contribution in [1.82, 2.24) is 29.9 Å². The van der Waals surface area contributed by atoms with Crippen LogP contribution in [0.5, 0.6) is 5.75 Å². The first-order valence-electron chi connectivity index (χ1n) is 12.9. The highest BCUT2D eigenvalue weighted by Crippen LogP contribution is 2.47. The molecule has 0 aliphatic carbocycles. The van der Waals surface area contributed by atoms with Gasteiger partial charge in [-0.3, -0.25) is 0 Å². The molecule has 0 saturated heterocycles. The maximum absolute atomic E-state index is 6.28. The Labute approximate surface area is 222 Å². The molecular weight excluding hydrogens is 492 g/mol. The Kier molecular flexibility index (Phi) is 4.49. The average molecular weight is 517 g/mol. The third-order valence-corrected chi connectivity index (χ3v) is 8.69. The van der Waals surface area contributed by atoms with E-state index in [2.05, 4.69) is 77.1 Å². The summed E-state index contributed by atoms with van der Waals surface area (Å²) in [5, 5.41) is 4.41. The lowest BCUT2D eigenvalue weighted by Gasteiger charge is -2.17. The Balaban J connectivity index is 1.33. The number of aromatic nitrogens is 6. The standard InChI is InChI=1S/C30H24N6OS/c1-4-23-33-21-12-37-28-18(24(21)34-23)8-6-16-10-22(38-29(16)28)15-5-7-17-19(9-15)20-11-31-13-32-25(20)27-26(17)35-30(36-27)14(2)3/h5-11,13-14H,4,12H2,1-3H3,(H,33,34)(H,35,36). The molecule has 0 saturated carbocycles. The Bertz CT molecular complexity index is 2060. The van der Waals surface area contributed by atoms with Gasteiger partial charge in [0.25, 0.3) is 0 Å². The zero-order valence-electron chi connectivity index (χ0n) is 21.2. The van der Waals surface area contributed by atoms with Crippen LogP contribution in [0.15, 0.2) is 48.9 Å². The van der Waals surface area contributed by atoms with E-state index in [-0.39, 0.29) is 0 Å². The molecular formula is C30H24N6OS. The highest BCUT2D eigenvalue weighted by atomic mass is 32.1. The minimum Gasteiger partial charge on any atom is -0.485 e. The minimum absolute atomic E-state index is 0.298. The largest absolute Gasteiger partial charge is 0.485 e. The van der Waals surface area contributed by atoms with E-state index < -0.39 is 0 Å². The van der Waals surface area contributed by atoms with Crippen LogP contribution >= 0.6 is 11.3 Å². The molecule has 0 bridgehead atoms. The molecule has 4 aromatic heterocycles. The lowest BCUT2D eigenvalue weighted by Crippen LogP contribution is -2.05. The highest BCUT2D eigenvalue weighted by Gasteiger charge is 2.24. The average Bonchev–Trinajstić information content (AvgIpc) is 3.69. The van der Waals surface area contributed by atoms with Crippen molar-refractivity contribution in [2.45, 2.75) is 39.7 Å². The van der Waals surface area contributed by atoms with Crippen LogP contribution in [0, 0.1) is 0 Å². The summed E-state index contributed by atoms with van der Waals surface area (Å²) >= 11 is 1.76. The van der Waals surface area contributed by atoms with E-state index in [1.54, 1.807) is 17.7 Å². The third-order valence-electron chi connectivity index (χ3n) is 7.49. The number of hydrogen-bond donors (Lipinski definition) is 2. The predicted molar refractivity (Wildman–Crippen MR) is 153 cm³/mol. The van der Waals surface area contributed by atoms with Gasteiger partial charge >= 0.3 is 0 Å². The molecule has 8 rings (SSSR count). The van der Waals surface area contributed by atoms with Gasteiger partial charge in [-0.25, -0.2) is 19.9 Å². The fraction of sp³-hybridized carbons (Fsp3) is 0.200. The molecule has 3 aromatic carbocycles. The van der Waals surface area contributed by atoms with E-state index in [1.165, 1.54) is 10.3 Å². The quantitative estimate of drug-likeness (QED) is 0.237. The number of benzene rings is 3. The van der Waals surface area contributed by atoms with Gasteiger partial charge in [-0.05, 0) is 34.5 Å². The molecule has 1 aliphatic heterocycles. The number of fused-ring (bicyclic) bond motifs is 11. The number of nitrogens with zero attached hydrogens (tertiary/aromatic N) is 4. The smallest absolute Gasteiger partial charge is 0.147 e. The first-order valence-corrected chi connectivity index (χ1v) is 13.7. The van der Waals surface area contributed by atoms with Crippen LogP contribution < -0.4 is 4.74 Å². The van der Waals surface area contributed by atoms with Gasteiger partial charge in [0.05, 0.1) is 32.6 Å². The number of ether oxygens (including phenoxy) is 1. The summed E-state index contributed by atoms with van der Waals surface area (Å²) in [6.07, 6.45) is 4.39. The second-order valence-corrected chi connectivity index (χ2v) is 11.2. The molecule has 8 heteroatoms. The van der Waals surface area contributed by atoms with Gasteiger partial charge < -0.3 is 14.7 Å². The first-order chi connectivity index (χ1) is 18.6. The van der Waals surface area contributed by atoms with E-state index in [1.807, 2.05) is 6.20 Å². The van der Waals surface area contributed by atoms with Crippen LogP contribution in [0.2, 0.25) is 0 Å². The van der Waals surface area contributed by atoms with Crippen LogP contribution in [-0.4, -0.2) is 29.9 Å². The summed E-state index contributed by atoms with van der Waals surface area (Å²) in [5.74, 6) is 3.19. The molecule has 7 nitrogen and oxygen atoms in total. The van der Waals surface area contributed by atoms with Crippen LogP contribution in [0.1, 0.15) is 44.0 Å². The zero-order chi connectivity index (χ0) is 25.5. The van der Waals surface area contributed by atoms with Gasteiger partial charge in [0.1, 0.15) is 30.3 Å². The third kappa shape index (κ3) is 3.01. The number of hydrogen-bond acceptors (Lipinski definition) is 6. The maximum atomic E-state index is 6.28. The lowest BCUT2D eigenvalue weighted by molar-refractivity contribution is 0.302. The van der Waals surface area contributed by atoms with Gasteiger partial charge in [0.15, 0.2) is 0 Å². The molecule has 0 amide bonds. The molecule has 2 N–H and O–H groups in total. The fourth-order valence-electron chi connectivity index (χ4n) is 5.54. The number of imidazole rings is 2. The van der Waals surface area contributed by atoms with Crippen LogP contribution in [-0.2, 0) is 13.0 Å². The number of thiophene rings is 1. The van der Waals surface area contributed by atoms with Gasteiger partial charge in [-0.1, -0.05) is 39.0 Å². The number of rotatable bonds is 3. The molecule has 7 aromatic rings. The Morgan fingerprint density at radius 2 is 1.92 bits per heavy atom. The van der Waals surface area contributed by atoms with E-state index in [0.717, 1.165) is 83.7 Å². The number of aromatic amines is 2. The van der Waals surface area contributed by atoms with Crippen molar-refractivity contribution in [1.29, 1.82) is 0 Å². The van der Waals surface area contributed by atoms with Crippen molar-refractivity contribution in [2.75, 3.05) is 0 Å². The number of H-pyrrole nitrogens is 2. The van der Waals surface area contributed by atoms with Crippen molar-refractivity contribution in [2.24, 2.45) is 0 Å². The first kappa shape index (κ1) is 21.8. The Morgan fingerprint density at radius 3 is 2.79 bits per heavy atom. The molecule has 0 unspecified atom stereocenters. The molecule has 186 valence electrons. The molecule has 38 heavy (non-hydrogen) atoms. The highest BCUT2D eigenvalue weighted by molar-refractivity contribution is 7.22. The van der Waals surface area contributed by atoms with Crippen molar-refractivity contribution in [3.05, 3.63) is 66.3 Å². The number of aryl methyl sites for hydroxylation is 1. The van der Waals surface area contributed by atoms with Gasteiger partial charge in [-0.15, -0.1) is 11.3 Å². The summed E-state index contributed by atoms with van der Waals surface area (Å²) in [4.78, 5) is 26.9. The summed E-state index contributed by atoms with van der Waals surface area (Å²) in [7, 11) is 0. The maximum Gasteiger partial charge on any atom is 0.147 e. The van der Waals surface area contributed by atoms with E-state index in [0.29, 0.717) is 12.5 Å². The second kappa shape index (κ2) is 7.85. The van der Waals surface area contributed by atoms with Crippen molar-refractivity contribution in [3.8, 4) is 27.4 Å². The second-order valence-electron chi connectivity index (χ2n) is 10.2. The topological polar surface area (TPSA) is 92.4 Å². The fourth-order valence-corrected chi connectivity index (χ4v) is 6.69. The molecule has 5 heterocycles. The van der Waals surface area contributed by atoms with E-state index in [9.17, 15) is 0 Å². The Hall–Kier alpha value is -4.30. The van der Waals surface area contributed by atoms with E-state index in [4.69, 9.17) is 14.7 Å². The van der Waals surface area contributed by atoms with Gasteiger partial charge in [-0.2, -0.15) is 0 Å². The normalized spacial score (nSPS) is 13.1. The van der Waals surface area contributed by atoms with Gasteiger partial charge in [0.2, 0.25) is 0 Å². The van der Waals surface area contributed by atoms with Crippen molar-refractivity contribution in [3.63, 3.8) is 0 Å². The summed E-state index contributed by atoms with van der Waals surface area (Å²) in [6, 6.07) is 13.2. The minimum atomic E-state index is 0.298.